The quantitative estimate of drug-likeness (QED) is 0.239. The number of benzene rings is 1. The molecule has 1 aliphatic heterocycles. The number of methoxy groups -OCH3 is 1. The first-order chi connectivity index (χ1) is 20.4. The molecule has 1 fully saturated rings. The Hall–Kier alpha value is -4.41. The zero-order valence-corrected chi connectivity index (χ0v) is 25.0. The van der Waals surface area contributed by atoms with Crippen LogP contribution in [0.25, 0.3) is 22.0 Å². The predicted molar refractivity (Wildman–Crippen MR) is 159 cm³/mol. The number of nitrogens with one attached hydrogen (secondary N) is 2. The number of aromatic amines is 1. The van der Waals surface area contributed by atoms with E-state index in [-0.39, 0.29) is 35.3 Å². The molecule has 4 aromatic rings. The number of fused-ring (bicyclic) bond motifs is 1. The molecule has 14 nitrogen and oxygen atoms in total. The monoisotopic (exact) mass is 630 g/mol. The van der Waals surface area contributed by atoms with Crippen molar-refractivity contribution in [2.45, 2.75) is 12.3 Å². The minimum atomic E-state index is -3.34. The van der Waals surface area contributed by atoms with Gasteiger partial charge < -0.3 is 15.2 Å². The lowest BCUT2D eigenvalue weighted by molar-refractivity contribution is -0.122. The van der Waals surface area contributed by atoms with Gasteiger partial charge in [-0.3, -0.25) is 19.6 Å². The van der Waals surface area contributed by atoms with Crippen molar-refractivity contribution < 1.29 is 36.3 Å². The van der Waals surface area contributed by atoms with E-state index in [0.29, 0.717) is 58.6 Å². The number of carbonyl (C=O) groups is 2. The fourth-order valence-electron chi connectivity index (χ4n) is 4.56. The summed E-state index contributed by atoms with van der Waals surface area (Å²) in [6.45, 7) is 1.05. The Labute approximate surface area is 248 Å². The fraction of sp³-hybridized carbons (Fsp3) is 0.296. The number of hydrogen-bond acceptors (Lipinski definition) is 11. The Morgan fingerprint density at radius 2 is 1.88 bits per heavy atom. The molecular weight excluding hydrogens is 600 g/mol. The zero-order chi connectivity index (χ0) is 31.2. The summed E-state index contributed by atoms with van der Waals surface area (Å²) in [7, 11) is -4.89. The van der Waals surface area contributed by atoms with Crippen LogP contribution in [0.2, 0.25) is 0 Å². The zero-order valence-electron chi connectivity index (χ0n) is 23.3. The van der Waals surface area contributed by atoms with Crippen molar-refractivity contribution in [3.8, 4) is 17.0 Å². The highest BCUT2D eigenvalue weighted by Gasteiger charge is 2.22. The molecule has 1 saturated heterocycles. The van der Waals surface area contributed by atoms with Gasteiger partial charge in [0.15, 0.2) is 19.7 Å². The molecule has 0 spiro atoms. The van der Waals surface area contributed by atoms with Crippen LogP contribution in [0.3, 0.4) is 0 Å². The van der Waals surface area contributed by atoms with Crippen LogP contribution in [0.1, 0.15) is 21.7 Å². The first-order valence-electron chi connectivity index (χ1n) is 12.9. The van der Waals surface area contributed by atoms with Gasteiger partial charge in [-0.15, -0.1) is 0 Å². The lowest BCUT2D eigenvalue weighted by Crippen LogP contribution is -2.39. The van der Waals surface area contributed by atoms with E-state index < -0.39 is 25.6 Å². The Morgan fingerprint density at radius 1 is 1.16 bits per heavy atom. The van der Waals surface area contributed by atoms with Crippen LogP contribution in [0.4, 0.5) is 5.69 Å². The van der Waals surface area contributed by atoms with E-state index in [1.165, 1.54) is 7.11 Å². The second-order valence-corrected chi connectivity index (χ2v) is 14.3. The van der Waals surface area contributed by atoms with E-state index in [9.17, 15) is 21.6 Å². The lowest BCUT2D eigenvalue weighted by Gasteiger charge is -2.26. The molecule has 0 atom stereocenters. The highest BCUT2D eigenvalue weighted by Crippen LogP contribution is 2.32. The van der Waals surface area contributed by atoms with Gasteiger partial charge >= 0.3 is 0 Å². The maximum atomic E-state index is 13.3. The third-order valence-electron chi connectivity index (χ3n) is 6.54. The van der Waals surface area contributed by atoms with Gasteiger partial charge in [0.05, 0.1) is 47.5 Å². The first kappa shape index (κ1) is 31.5. The number of ether oxygens (including phenoxy) is 1. The number of H-pyrrole nitrogens is 1. The molecule has 5 rings (SSSR count). The molecular formula is C27H30N6O8S2. The van der Waals surface area contributed by atoms with Crippen molar-refractivity contribution in [3.05, 3.63) is 65.7 Å². The molecule has 43 heavy (non-hydrogen) atoms. The van der Waals surface area contributed by atoms with Gasteiger partial charge in [0.2, 0.25) is 5.88 Å². The van der Waals surface area contributed by atoms with E-state index in [4.69, 9.17) is 14.6 Å². The third-order valence-corrected chi connectivity index (χ3v) is 8.98. The largest absolute Gasteiger partial charge is 0.483 e. The highest BCUT2D eigenvalue weighted by atomic mass is 32.2. The molecule has 3 aromatic heterocycles. The number of hydrogen-bond donors (Lipinski definition) is 3. The number of carbonyl (C=O) groups excluding carboxylic acids is 1. The average Bonchev–Trinajstić information content (AvgIpc) is 3.43. The standard InChI is InChI=1S/C26H28N6O6S2.CH2O2/c1-38-26-19(16-39(2,34)35)10-18(13-27-26)17-11-23(21-14-28-31-24(21)12-17)30-25(33)22-5-3-4-20(29-22)15-32-6-8-40(36,37)9-7-32;2-1-3/h3-5,10-14H,6-9,15-16H2,1-2H3,(H,28,31)(H,30,33);1H,(H,2,3). The summed E-state index contributed by atoms with van der Waals surface area (Å²) >= 11 is 0. The SMILES string of the molecule is COc1ncc(-c2cc(NC(=O)c3cccc(CN4CCS(=O)(=O)CC4)n3)c3cn[nH]c3c2)cc1CS(C)(=O)=O.O=CO. The number of nitrogens with zero attached hydrogens (tertiary/aromatic N) is 4. The van der Waals surface area contributed by atoms with Crippen LogP contribution in [0, 0.1) is 0 Å². The van der Waals surface area contributed by atoms with Crippen LogP contribution in [-0.4, -0.2) is 97.3 Å². The van der Waals surface area contributed by atoms with Crippen LogP contribution < -0.4 is 10.1 Å². The van der Waals surface area contributed by atoms with Crippen molar-refractivity contribution in [2.75, 3.05) is 43.3 Å². The smallest absolute Gasteiger partial charge is 0.290 e. The highest BCUT2D eigenvalue weighted by molar-refractivity contribution is 7.91. The van der Waals surface area contributed by atoms with E-state index in [0.717, 1.165) is 6.26 Å². The van der Waals surface area contributed by atoms with E-state index in [2.05, 4.69) is 25.5 Å². The van der Waals surface area contributed by atoms with Crippen molar-refractivity contribution in [1.82, 2.24) is 25.1 Å². The van der Waals surface area contributed by atoms with E-state index in [1.54, 1.807) is 42.7 Å². The second kappa shape index (κ2) is 13.3. The van der Waals surface area contributed by atoms with Gasteiger partial charge in [0.1, 0.15) is 5.69 Å². The normalized spacial score (nSPS) is 14.8. The predicted octanol–water partition coefficient (Wildman–Crippen LogP) is 1.76. The number of carboxylic acid groups (broad SMARTS) is 1. The molecule has 1 amide bonds. The van der Waals surface area contributed by atoms with E-state index >= 15 is 0 Å². The second-order valence-electron chi connectivity index (χ2n) is 9.82. The third kappa shape index (κ3) is 8.33. The summed E-state index contributed by atoms with van der Waals surface area (Å²) in [6.07, 6.45) is 4.32. The Morgan fingerprint density at radius 3 is 2.56 bits per heavy atom. The topological polar surface area (TPSA) is 202 Å². The van der Waals surface area contributed by atoms with Crippen molar-refractivity contribution in [3.63, 3.8) is 0 Å². The van der Waals surface area contributed by atoms with Gasteiger partial charge in [-0.25, -0.2) is 26.8 Å². The molecule has 1 aliphatic rings. The Bertz CT molecular complexity index is 1840. The average molecular weight is 631 g/mol. The molecule has 0 radical (unpaired) electrons. The van der Waals surface area contributed by atoms with Crippen LogP contribution in [0.5, 0.6) is 5.88 Å². The van der Waals surface area contributed by atoms with Crippen LogP contribution in [0.15, 0.2) is 48.8 Å². The molecule has 0 aliphatic carbocycles. The lowest BCUT2D eigenvalue weighted by atomic mass is 10.0. The molecule has 0 bridgehead atoms. The minimum Gasteiger partial charge on any atom is -0.483 e. The van der Waals surface area contributed by atoms with Gasteiger partial charge in [0.25, 0.3) is 12.4 Å². The first-order valence-corrected chi connectivity index (χ1v) is 16.8. The Kier molecular flexibility index (Phi) is 9.73. The van der Waals surface area contributed by atoms with Crippen LogP contribution >= 0.6 is 0 Å². The summed E-state index contributed by atoms with van der Waals surface area (Å²) < 4.78 is 52.6. The summed E-state index contributed by atoms with van der Waals surface area (Å²) in [5.41, 5.74) is 3.76. The van der Waals surface area contributed by atoms with Gasteiger partial charge in [-0.2, -0.15) is 5.10 Å². The summed E-state index contributed by atoms with van der Waals surface area (Å²) in [6, 6.07) is 10.5. The molecule has 0 unspecified atom stereocenters. The van der Waals surface area contributed by atoms with Crippen molar-refractivity contribution in [1.29, 1.82) is 0 Å². The fourth-order valence-corrected chi connectivity index (χ4v) is 6.61. The molecule has 4 heterocycles. The summed E-state index contributed by atoms with van der Waals surface area (Å²) in [5, 5.41) is 17.5. The van der Waals surface area contributed by atoms with Crippen LogP contribution in [-0.2, 0) is 36.8 Å². The number of amides is 1. The number of sulfone groups is 2. The molecule has 1 aromatic carbocycles. The molecule has 0 saturated carbocycles. The maximum absolute atomic E-state index is 13.3. The number of aromatic nitrogens is 4. The summed E-state index contributed by atoms with van der Waals surface area (Å²) in [5.74, 6) is -0.203. The summed E-state index contributed by atoms with van der Waals surface area (Å²) in [4.78, 5) is 32.4. The molecule has 16 heteroatoms. The number of anilines is 1. The Balaban J connectivity index is 0.00000135. The van der Waals surface area contributed by atoms with Crippen molar-refractivity contribution in [2.24, 2.45) is 0 Å². The van der Waals surface area contributed by atoms with Gasteiger partial charge in [-0.1, -0.05) is 6.07 Å². The minimum absolute atomic E-state index is 0.115. The molecule has 228 valence electrons. The van der Waals surface area contributed by atoms with Gasteiger partial charge in [-0.05, 0) is 35.9 Å². The van der Waals surface area contributed by atoms with E-state index in [1.807, 2.05) is 11.0 Å². The number of pyridine rings is 2. The van der Waals surface area contributed by atoms with Gasteiger partial charge in [0, 0.05) is 48.6 Å². The number of rotatable bonds is 8. The maximum Gasteiger partial charge on any atom is 0.290 e. The molecule has 3 N–H and O–H groups in total. The van der Waals surface area contributed by atoms with Crippen molar-refractivity contribution >= 4 is 48.6 Å².